The monoisotopic (exact) mass is 187 g/mol. The van der Waals surface area contributed by atoms with Crippen LogP contribution in [0, 0.1) is 0 Å². The number of halogens is 1. The standard InChI is InChI=1S/C7H6ClNOS/c1-11-5-3-2-4-9-6(5)7(8)10/h2-4H,1H3. The van der Waals surface area contributed by atoms with Gasteiger partial charge in [-0.15, -0.1) is 11.8 Å². The van der Waals surface area contributed by atoms with E-state index in [9.17, 15) is 4.79 Å². The summed E-state index contributed by atoms with van der Waals surface area (Å²) in [5.74, 6) is 0. The first-order valence-electron chi connectivity index (χ1n) is 2.94. The van der Waals surface area contributed by atoms with Crippen LogP contribution in [0.25, 0.3) is 0 Å². The summed E-state index contributed by atoms with van der Waals surface area (Å²) in [4.78, 5) is 15.4. The summed E-state index contributed by atoms with van der Waals surface area (Å²) in [6.45, 7) is 0. The quantitative estimate of drug-likeness (QED) is 0.525. The summed E-state index contributed by atoms with van der Waals surface area (Å²) in [5.41, 5.74) is 0.335. The maximum absolute atomic E-state index is 10.7. The van der Waals surface area contributed by atoms with Crippen LogP contribution in [0.5, 0.6) is 0 Å². The van der Waals surface area contributed by atoms with Crippen molar-refractivity contribution in [2.24, 2.45) is 0 Å². The molecule has 0 radical (unpaired) electrons. The number of nitrogens with zero attached hydrogens (tertiary/aromatic N) is 1. The van der Waals surface area contributed by atoms with E-state index in [1.54, 1.807) is 12.3 Å². The van der Waals surface area contributed by atoms with Crippen molar-refractivity contribution < 1.29 is 4.79 Å². The topological polar surface area (TPSA) is 30.0 Å². The average Bonchev–Trinajstić information content (AvgIpc) is 2.04. The van der Waals surface area contributed by atoms with E-state index in [0.717, 1.165) is 4.90 Å². The Morgan fingerprint density at radius 1 is 1.73 bits per heavy atom. The number of aromatic nitrogens is 1. The van der Waals surface area contributed by atoms with E-state index >= 15 is 0 Å². The SMILES string of the molecule is CSc1cccnc1C(=O)Cl. The zero-order valence-corrected chi connectivity index (χ0v) is 7.45. The lowest BCUT2D eigenvalue weighted by molar-refractivity contribution is 0.107. The van der Waals surface area contributed by atoms with Crippen LogP contribution in [0.1, 0.15) is 10.5 Å². The van der Waals surface area contributed by atoms with Gasteiger partial charge in [-0.3, -0.25) is 9.78 Å². The van der Waals surface area contributed by atoms with Gasteiger partial charge in [0.1, 0.15) is 5.69 Å². The third kappa shape index (κ3) is 1.94. The lowest BCUT2D eigenvalue weighted by Crippen LogP contribution is -1.95. The molecule has 0 aliphatic heterocycles. The molecule has 0 atom stereocenters. The molecule has 0 bridgehead atoms. The number of hydrogen-bond donors (Lipinski definition) is 0. The molecule has 58 valence electrons. The van der Waals surface area contributed by atoms with Gasteiger partial charge in [-0.25, -0.2) is 0 Å². The second-order valence-electron chi connectivity index (χ2n) is 1.83. The number of thioether (sulfide) groups is 1. The maximum Gasteiger partial charge on any atom is 0.271 e. The highest BCUT2D eigenvalue weighted by Gasteiger charge is 2.07. The predicted molar refractivity (Wildman–Crippen MR) is 46.2 cm³/mol. The fourth-order valence-electron chi connectivity index (χ4n) is 0.703. The zero-order chi connectivity index (χ0) is 8.27. The van der Waals surface area contributed by atoms with Gasteiger partial charge in [0.2, 0.25) is 0 Å². The van der Waals surface area contributed by atoms with Crippen LogP contribution in [-0.4, -0.2) is 16.5 Å². The highest BCUT2D eigenvalue weighted by Crippen LogP contribution is 2.18. The highest BCUT2D eigenvalue weighted by atomic mass is 35.5. The molecule has 0 amide bonds. The summed E-state index contributed by atoms with van der Waals surface area (Å²) in [6, 6.07) is 3.59. The Bertz CT molecular complexity index is 277. The van der Waals surface area contributed by atoms with Crippen LogP contribution in [0.15, 0.2) is 23.2 Å². The van der Waals surface area contributed by atoms with Gasteiger partial charge in [0.25, 0.3) is 5.24 Å². The Hall–Kier alpha value is -0.540. The van der Waals surface area contributed by atoms with Gasteiger partial charge in [-0.1, -0.05) is 0 Å². The molecular weight excluding hydrogens is 182 g/mol. The van der Waals surface area contributed by atoms with Crippen molar-refractivity contribution in [1.29, 1.82) is 0 Å². The summed E-state index contributed by atoms with van der Waals surface area (Å²) in [5, 5.41) is -0.505. The predicted octanol–water partition coefficient (Wildman–Crippen LogP) is 2.18. The van der Waals surface area contributed by atoms with Crippen molar-refractivity contribution in [1.82, 2.24) is 4.98 Å². The smallest absolute Gasteiger partial charge is 0.271 e. The molecule has 0 unspecified atom stereocenters. The van der Waals surface area contributed by atoms with E-state index in [-0.39, 0.29) is 0 Å². The molecule has 4 heteroatoms. The van der Waals surface area contributed by atoms with Crippen molar-refractivity contribution >= 4 is 28.6 Å². The fourth-order valence-corrected chi connectivity index (χ4v) is 1.46. The third-order valence-electron chi connectivity index (χ3n) is 1.18. The Balaban J connectivity index is 3.12. The second kappa shape index (κ2) is 3.74. The van der Waals surface area contributed by atoms with Crippen LogP contribution in [0.4, 0.5) is 0 Å². The number of pyridine rings is 1. The number of carbonyl (C=O) groups is 1. The highest BCUT2D eigenvalue weighted by molar-refractivity contribution is 7.98. The first-order valence-corrected chi connectivity index (χ1v) is 4.55. The van der Waals surface area contributed by atoms with Crippen molar-refractivity contribution in [3.63, 3.8) is 0 Å². The van der Waals surface area contributed by atoms with E-state index in [2.05, 4.69) is 4.98 Å². The van der Waals surface area contributed by atoms with Crippen LogP contribution in [0.3, 0.4) is 0 Å². The maximum atomic E-state index is 10.7. The van der Waals surface area contributed by atoms with Gasteiger partial charge in [0.15, 0.2) is 0 Å². The molecule has 0 aliphatic rings. The van der Waals surface area contributed by atoms with Crippen molar-refractivity contribution in [3.05, 3.63) is 24.0 Å². The van der Waals surface area contributed by atoms with Crippen LogP contribution < -0.4 is 0 Å². The molecular formula is C7H6ClNOS. The lowest BCUT2D eigenvalue weighted by Gasteiger charge is -1.98. The molecule has 0 aliphatic carbocycles. The number of hydrogen-bond acceptors (Lipinski definition) is 3. The van der Waals surface area contributed by atoms with E-state index in [4.69, 9.17) is 11.6 Å². The van der Waals surface area contributed by atoms with E-state index in [0.29, 0.717) is 5.69 Å². The minimum Gasteiger partial charge on any atom is -0.274 e. The molecule has 1 heterocycles. The summed E-state index contributed by atoms with van der Waals surface area (Å²) in [7, 11) is 0. The normalized spacial score (nSPS) is 9.64. The molecule has 1 rings (SSSR count). The van der Waals surface area contributed by atoms with Crippen molar-refractivity contribution in [2.45, 2.75) is 4.90 Å². The fraction of sp³-hybridized carbons (Fsp3) is 0.143. The van der Waals surface area contributed by atoms with Crippen LogP contribution in [0.2, 0.25) is 0 Å². The van der Waals surface area contributed by atoms with Gasteiger partial charge in [0.05, 0.1) is 0 Å². The average molecular weight is 188 g/mol. The summed E-state index contributed by atoms with van der Waals surface area (Å²) < 4.78 is 0. The van der Waals surface area contributed by atoms with Gasteiger partial charge in [-0.2, -0.15) is 0 Å². The van der Waals surface area contributed by atoms with E-state index in [1.807, 2.05) is 12.3 Å². The lowest BCUT2D eigenvalue weighted by atomic mass is 10.4. The zero-order valence-electron chi connectivity index (χ0n) is 5.87. The number of rotatable bonds is 2. The minimum absolute atomic E-state index is 0.335. The third-order valence-corrected chi connectivity index (χ3v) is 2.13. The molecule has 0 saturated carbocycles. The molecule has 1 aromatic rings. The summed E-state index contributed by atoms with van der Waals surface area (Å²) in [6.07, 6.45) is 3.43. The van der Waals surface area contributed by atoms with Gasteiger partial charge >= 0.3 is 0 Å². The van der Waals surface area contributed by atoms with Gasteiger partial charge in [0, 0.05) is 11.1 Å². The Labute approximate surface area is 74.0 Å². The first kappa shape index (κ1) is 8.56. The molecule has 0 spiro atoms. The van der Waals surface area contributed by atoms with E-state index < -0.39 is 5.24 Å². The Morgan fingerprint density at radius 3 is 2.91 bits per heavy atom. The largest absolute Gasteiger partial charge is 0.274 e. The minimum atomic E-state index is -0.505. The Kier molecular flexibility index (Phi) is 2.91. The first-order chi connectivity index (χ1) is 5.25. The van der Waals surface area contributed by atoms with Crippen molar-refractivity contribution in [2.75, 3.05) is 6.26 Å². The molecule has 0 N–H and O–H groups in total. The van der Waals surface area contributed by atoms with Gasteiger partial charge < -0.3 is 0 Å². The van der Waals surface area contributed by atoms with Crippen molar-refractivity contribution in [3.8, 4) is 0 Å². The second-order valence-corrected chi connectivity index (χ2v) is 3.02. The molecule has 0 fully saturated rings. The summed E-state index contributed by atoms with van der Waals surface area (Å²) >= 11 is 6.73. The van der Waals surface area contributed by atoms with Crippen LogP contribution >= 0.6 is 23.4 Å². The van der Waals surface area contributed by atoms with E-state index in [1.165, 1.54) is 11.8 Å². The molecule has 1 aromatic heterocycles. The molecule has 2 nitrogen and oxygen atoms in total. The Morgan fingerprint density at radius 2 is 2.45 bits per heavy atom. The van der Waals surface area contributed by atoms with Gasteiger partial charge in [-0.05, 0) is 30.0 Å². The molecule has 11 heavy (non-hydrogen) atoms. The number of carbonyl (C=O) groups excluding carboxylic acids is 1. The molecule has 0 saturated heterocycles. The molecule has 0 aromatic carbocycles. The van der Waals surface area contributed by atoms with Crippen LogP contribution in [-0.2, 0) is 0 Å².